The number of benzene rings is 1. The lowest BCUT2D eigenvalue weighted by molar-refractivity contribution is -0.114. The minimum Gasteiger partial charge on any atom is -0.378 e. The zero-order valence-electron chi connectivity index (χ0n) is 20.8. The van der Waals surface area contributed by atoms with Gasteiger partial charge in [0.1, 0.15) is 0 Å². The van der Waals surface area contributed by atoms with E-state index in [4.69, 9.17) is 5.73 Å². The van der Waals surface area contributed by atoms with Gasteiger partial charge in [0.25, 0.3) is 0 Å². The van der Waals surface area contributed by atoms with E-state index in [0.29, 0.717) is 12.0 Å². The first-order valence-corrected chi connectivity index (χ1v) is 12.0. The van der Waals surface area contributed by atoms with E-state index >= 15 is 0 Å². The molecular formula is C28H41N3O2. The van der Waals surface area contributed by atoms with Gasteiger partial charge in [-0.05, 0) is 54.2 Å². The van der Waals surface area contributed by atoms with Crippen molar-refractivity contribution in [2.45, 2.75) is 58.8 Å². The number of likely N-dealkylation sites (N-methyl/N-ethyl adjacent to an activating group) is 1. The van der Waals surface area contributed by atoms with Crippen LogP contribution in [0.1, 0.15) is 69.9 Å². The van der Waals surface area contributed by atoms with Gasteiger partial charge in [0, 0.05) is 31.9 Å². The van der Waals surface area contributed by atoms with Crippen molar-refractivity contribution in [3.05, 3.63) is 71.0 Å². The van der Waals surface area contributed by atoms with Crippen LogP contribution < -0.4 is 11.1 Å². The zero-order valence-corrected chi connectivity index (χ0v) is 20.8. The Morgan fingerprint density at radius 2 is 1.79 bits per heavy atom. The second-order valence-electron chi connectivity index (χ2n) is 8.26. The molecule has 1 aliphatic rings. The number of carbonyl (C=O) groups excluding carboxylic acids is 2. The second kappa shape index (κ2) is 16.5. The van der Waals surface area contributed by atoms with Crippen molar-refractivity contribution in [3.63, 3.8) is 0 Å². The summed E-state index contributed by atoms with van der Waals surface area (Å²) >= 11 is 0. The number of hydrogen-bond donors (Lipinski definition) is 2. The number of allylic oxidation sites excluding steroid dienone is 5. The standard InChI is InChI=1S/C20H24N2O.C8H17NO/c1-4-16(20(21)23)13-15-9-11-17(12-10-15)18-7-5-6-8-19(14-18)22(2)3;1-2-3-4-5-6-7-9-8-10/h6-14H,4-5H2,1-3H3,(H2,21,23);8H,2-7H2,1H3,(H,9,10)/b16-13+;. The zero-order chi connectivity index (χ0) is 24.5. The molecule has 5 nitrogen and oxygen atoms in total. The molecule has 0 atom stereocenters. The van der Waals surface area contributed by atoms with Gasteiger partial charge in [-0.3, -0.25) is 9.59 Å². The van der Waals surface area contributed by atoms with Crippen LogP contribution in [-0.4, -0.2) is 37.9 Å². The van der Waals surface area contributed by atoms with Gasteiger partial charge >= 0.3 is 0 Å². The van der Waals surface area contributed by atoms with E-state index < -0.39 is 0 Å². The lowest BCUT2D eigenvalue weighted by Crippen LogP contribution is -2.13. The van der Waals surface area contributed by atoms with Crippen LogP contribution >= 0.6 is 0 Å². The van der Waals surface area contributed by atoms with Crippen molar-refractivity contribution in [2.24, 2.45) is 5.73 Å². The van der Waals surface area contributed by atoms with Gasteiger partial charge < -0.3 is 16.0 Å². The normalized spacial score (nSPS) is 13.2. The molecule has 2 rings (SSSR count). The quantitative estimate of drug-likeness (QED) is 0.252. The second-order valence-corrected chi connectivity index (χ2v) is 8.26. The summed E-state index contributed by atoms with van der Waals surface area (Å²) < 4.78 is 0. The lowest BCUT2D eigenvalue weighted by atomic mass is 10.0. The Labute approximate surface area is 200 Å². The summed E-state index contributed by atoms with van der Waals surface area (Å²) in [5, 5.41) is 2.64. The number of rotatable bonds is 12. The summed E-state index contributed by atoms with van der Waals surface area (Å²) in [6, 6.07) is 8.22. The monoisotopic (exact) mass is 451 g/mol. The summed E-state index contributed by atoms with van der Waals surface area (Å²) in [7, 11) is 4.09. The number of nitrogens with zero attached hydrogens (tertiary/aromatic N) is 1. The summed E-state index contributed by atoms with van der Waals surface area (Å²) in [5.74, 6) is -0.354. The Kier molecular flexibility index (Phi) is 14.0. The molecule has 0 radical (unpaired) electrons. The highest BCUT2D eigenvalue weighted by Crippen LogP contribution is 2.23. The number of nitrogens with two attached hydrogens (primary N) is 1. The Balaban J connectivity index is 0.000000461. The average molecular weight is 452 g/mol. The van der Waals surface area contributed by atoms with E-state index in [-0.39, 0.29) is 5.91 Å². The third-order valence-corrected chi connectivity index (χ3v) is 5.37. The van der Waals surface area contributed by atoms with Crippen LogP contribution in [0.4, 0.5) is 0 Å². The molecule has 0 fully saturated rings. The molecule has 2 amide bonds. The van der Waals surface area contributed by atoms with E-state index in [2.05, 4.69) is 53.6 Å². The van der Waals surface area contributed by atoms with Gasteiger partial charge in [-0.1, -0.05) is 75.9 Å². The summed E-state index contributed by atoms with van der Waals surface area (Å²) in [5.41, 5.74) is 10.6. The maximum Gasteiger partial charge on any atom is 0.244 e. The number of unbranched alkanes of at least 4 members (excludes halogenated alkanes) is 4. The van der Waals surface area contributed by atoms with Crippen molar-refractivity contribution < 1.29 is 9.59 Å². The number of carbonyl (C=O) groups is 2. The Hall–Kier alpha value is -3.08. The molecule has 33 heavy (non-hydrogen) atoms. The number of hydrogen-bond acceptors (Lipinski definition) is 3. The van der Waals surface area contributed by atoms with E-state index in [0.717, 1.165) is 31.4 Å². The molecule has 0 bridgehead atoms. The van der Waals surface area contributed by atoms with Gasteiger partial charge in [0.05, 0.1) is 0 Å². The van der Waals surface area contributed by atoms with Crippen molar-refractivity contribution in [1.29, 1.82) is 0 Å². The smallest absolute Gasteiger partial charge is 0.244 e. The SMILES string of the molecule is CC/C(=C\c1ccc(C2=CCC=CC(N(C)C)=C2)cc1)C(N)=O.CCCCCCCNC=O. The van der Waals surface area contributed by atoms with Crippen LogP contribution in [0.15, 0.2) is 59.8 Å². The molecule has 1 aliphatic carbocycles. The predicted molar refractivity (Wildman–Crippen MR) is 140 cm³/mol. The van der Waals surface area contributed by atoms with Crippen molar-refractivity contribution in [2.75, 3.05) is 20.6 Å². The first-order chi connectivity index (χ1) is 15.9. The molecule has 1 aromatic rings. The third-order valence-electron chi connectivity index (χ3n) is 5.37. The first kappa shape index (κ1) is 28.0. The molecule has 0 saturated carbocycles. The van der Waals surface area contributed by atoms with Gasteiger partial charge in [0.2, 0.25) is 12.3 Å². The molecule has 0 saturated heterocycles. The first-order valence-electron chi connectivity index (χ1n) is 12.0. The maximum atomic E-state index is 11.3. The fourth-order valence-electron chi connectivity index (χ4n) is 3.34. The maximum absolute atomic E-state index is 11.3. The van der Waals surface area contributed by atoms with Crippen molar-refractivity contribution in [1.82, 2.24) is 10.2 Å². The minimum absolute atomic E-state index is 0.354. The van der Waals surface area contributed by atoms with Gasteiger partial charge in [-0.25, -0.2) is 0 Å². The minimum atomic E-state index is -0.354. The fraction of sp³-hybridized carbons (Fsp3) is 0.429. The third kappa shape index (κ3) is 11.4. The van der Waals surface area contributed by atoms with E-state index in [1.165, 1.54) is 42.5 Å². The molecular weight excluding hydrogens is 410 g/mol. The fourth-order valence-corrected chi connectivity index (χ4v) is 3.34. The van der Waals surface area contributed by atoms with Crippen molar-refractivity contribution in [3.8, 4) is 0 Å². The van der Waals surface area contributed by atoms with E-state index in [1.807, 2.05) is 39.2 Å². The van der Waals surface area contributed by atoms with E-state index in [1.54, 1.807) is 0 Å². The number of nitrogens with one attached hydrogen (secondary N) is 1. The predicted octanol–water partition coefficient (Wildman–Crippen LogP) is 5.46. The Morgan fingerprint density at radius 1 is 1.09 bits per heavy atom. The van der Waals surface area contributed by atoms with Crippen LogP contribution in [0.5, 0.6) is 0 Å². The Morgan fingerprint density at radius 3 is 2.36 bits per heavy atom. The molecule has 5 heteroatoms. The summed E-state index contributed by atoms with van der Waals surface area (Å²) in [6.45, 7) is 4.97. The topological polar surface area (TPSA) is 75.4 Å². The molecule has 1 aromatic carbocycles. The van der Waals surface area contributed by atoms with Crippen LogP contribution in [0.2, 0.25) is 0 Å². The van der Waals surface area contributed by atoms with Gasteiger partial charge in [-0.15, -0.1) is 0 Å². The lowest BCUT2D eigenvalue weighted by Gasteiger charge is -2.14. The van der Waals surface area contributed by atoms with E-state index in [9.17, 15) is 9.59 Å². The van der Waals surface area contributed by atoms with Crippen molar-refractivity contribution >= 4 is 24.0 Å². The molecule has 180 valence electrons. The molecule has 3 N–H and O–H groups in total. The summed E-state index contributed by atoms with van der Waals surface area (Å²) in [6.07, 6.45) is 19.2. The molecule has 0 heterocycles. The number of primary amides is 1. The Bertz CT molecular complexity index is 846. The highest BCUT2D eigenvalue weighted by molar-refractivity contribution is 5.96. The van der Waals surface area contributed by atoms with Crippen LogP contribution in [0.3, 0.4) is 0 Å². The summed E-state index contributed by atoms with van der Waals surface area (Å²) in [4.78, 5) is 23.2. The average Bonchev–Trinajstić information content (AvgIpc) is 3.07. The number of amides is 2. The molecule has 0 unspecified atom stereocenters. The van der Waals surface area contributed by atoms with Crippen LogP contribution in [0.25, 0.3) is 11.6 Å². The highest BCUT2D eigenvalue weighted by Gasteiger charge is 2.06. The largest absolute Gasteiger partial charge is 0.378 e. The van der Waals surface area contributed by atoms with Gasteiger partial charge in [0.15, 0.2) is 0 Å². The van der Waals surface area contributed by atoms with Gasteiger partial charge in [-0.2, -0.15) is 0 Å². The van der Waals surface area contributed by atoms with Crippen LogP contribution in [-0.2, 0) is 9.59 Å². The molecule has 0 aromatic heterocycles. The molecule has 0 aliphatic heterocycles. The highest BCUT2D eigenvalue weighted by atomic mass is 16.1. The molecule has 0 spiro atoms. The van der Waals surface area contributed by atoms with Crippen LogP contribution in [0, 0.1) is 0 Å².